The molecule has 5 unspecified atom stereocenters. The lowest BCUT2D eigenvalue weighted by atomic mass is 9.98. The predicted molar refractivity (Wildman–Crippen MR) is 140 cm³/mol. The monoisotopic (exact) mass is 610 g/mol. The molecule has 10 atom stereocenters. The highest BCUT2D eigenvalue weighted by molar-refractivity contribution is 5.88. The van der Waals surface area contributed by atoms with Crippen molar-refractivity contribution in [3.63, 3.8) is 0 Å². The van der Waals surface area contributed by atoms with E-state index < -0.39 is 113 Å². The molecule has 43 heavy (non-hydrogen) atoms. The molecule has 3 heterocycles. The number of benzene rings is 2. The molecule has 5 rings (SSSR count). The van der Waals surface area contributed by atoms with Gasteiger partial charge in [0.25, 0.3) is 0 Å². The number of fused-ring (bicyclic) bond motifs is 1. The first-order chi connectivity index (χ1) is 20.3. The topological polar surface area (TPSA) is 269 Å². The Labute approximate surface area is 241 Å². The maximum Gasteiger partial charge on any atom is 0.239 e. The fraction of sp³-hybridized carbons (Fsp3) is 0.444. The molecule has 0 radical (unpaired) electrons. The van der Waals surface area contributed by atoms with Crippen LogP contribution >= 0.6 is 0 Å². The SMILES string of the molecule is CC1OC(OC[C@H]2O[C@@H](Oc3c(-c4ccc(O)c(O)c4)oc4cc(O)cc(O)c4c3=O)[C@H](O)[C@@H](O)[C@H]2O)C(O)C(O)C1O. The Morgan fingerprint density at radius 3 is 2.12 bits per heavy atom. The zero-order valence-corrected chi connectivity index (χ0v) is 22.3. The molecular formula is C27H30O16. The Morgan fingerprint density at radius 1 is 0.744 bits per heavy atom. The first-order valence-electron chi connectivity index (χ1n) is 13.0. The summed E-state index contributed by atoms with van der Waals surface area (Å²) >= 11 is 0. The van der Waals surface area contributed by atoms with Crippen LogP contribution in [-0.4, -0.2) is 119 Å². The molecule has 16 nitrogen and oxygen atoms in total. The maximum absolute atomic E-state index is 13.6. The molecule has 1 aromatic heterocycles. The maximum atomic E-state index is 13.6. The fourth-order valence-electron chi connectivity index (χ4n) is 4.84. The average molecular weight is 611 g/mol. The lowest BCUT2D eigenvalue weighted by Gasteiger charge is -2.42. The number of hydrogen-bond acceptors (Lipinski definition) is 16. The van der Waals surface area contributed by atoms with Crippen LogP contribution in [0.2, 0.25) is 0 Å². The van der Waals surface area contributed by atoms with Crippen LogP contribution in [0.4, 0.5) is 0 Å². The molecular weight excluding hydrogens is 580 g/mol. The summed E-state index contributed by atoms with van der Waals surface area (Å²) in [7, 11) is 0. The third kappa shape index (κ3) is 5.67. The van der Waals surface area contributed by atoms with E-state index in [1.807, 2.05) is 0 Å². The van der Waals surface area contributed by atoms with Crippen molar-refractivity contribution in [2.24, 2.45) is 0 Å². The number of ether oxygens (including phenoxy) is 4. The van der Waals surface area contributed by atoms with Gasteiger partial charge in [0.1, 0.15) is 65.2 Å². The Hall–Kier alpha value is -3.71. The summed E-state index contributed by atoms with van der Waals surface area (Å²) in [4.78, 5) is 13.6. The number of aromatic hydroxyl groups is 4. The summed E-state index contributed by atoms with van der Waals surface area (Å²) in [6, 6.07) is 5.24. The van der Waals surface area contributed by atoms with Gasteiger partial charge in [0.15, 0.2) is 23.5 Å². The van der Waals surface area contributed by atoms with Crippen LogP contribution < -0.4 is 10.2 Å². The normalized spacial score (nSPS) is 33.0. The van der Waals surface area contributed by atoms with Gasteiger partial charge in [0, 0.05) is 17.7 Å². The van der Waals surface area contributed by atoms with Crippen molar-refractivity contribution in [3.8, 4) is 40.1 Å². The van der Waals surface area contributed by atoms with E-state index >= 15 is 0 Å². The van der Waals surface area contributed by atoms with Crippen molar-refractivity contribution in [1.29, 1.82) is 0 Å². The van der Waals surface area contributed by atoms with Gasteiger partial charge in [-0.2, -0.15) is 0 Å². The average Bonchev–Trinajstić information content (AvgIpc) is 2.96. The van der Waals surface area contributed by atoms with Gasteiger partial charge in [-0.3, -0.25) is 4.79 Å². The van der Waals surface area contributed by atoms with Gasteiger partial charge in [-0.05, 0) is 25.1 Å². The first-order valence-corrected chi connectivity index (χ1v) is 13.0. The zero-order chi connectivity index (χ0) is 31.3. The van der Waals surface area contributed by atoms with Crippen LogP contribution in [0, 0.1) is 0 Å². The lowest BCUT2D eigenvalue weighted by molar-refractivity contribution is -0.318. The second-order valence-electron chi connectivity index (χ2n) is 10.3. The van der Waals surface area contributed by atoms with E-state index in [0.717, 1.165) is 24.3 Å². The van der Waals surface area contributed by atoms with Crippen LogP contribution in [0.3, 0.4) is 0 Å². The first kappa shape index (κ1) is 30.7. The van der Waals surface area contributed by atoms with Crippen LogP contribution in [0.15, 0.2) is 39.5 Å². The van der Waals surface area contributed by atoms with Crippen molar-refractivity contribution in [3.05, 3.63) is 40.6 Å². The second kappa shape index (κ2) is 11.8. The number of aliphatic hydroxyl groups excluding tert-OH is 6. The van der Waals surface area contributed by atoms with Crippen molar-refractivity contribution < 1.29 is 74.4 Å². The van der Waals surface area contributed by atoms with Crippen LogP contribution in [0.5, 0.6) is 28.7 Å². The molecule has 2 saturated heterocycles. The molecule has 0 aliphatic carbocycles. The minimum atomic E-state index is -1.97. The highest BCUT2D eigenvalue weighted by atomic mass is 16.7. The molecule has 234 valence electrons. The highest BCUT2D eigenvalue weighted by Crippen LogP contribution is 2.39. The van der Waals surface area contributed by atoms with Crippen LogP contribution in [-0.2, 0) is 14.2 Å². The van der Waals surface area contributed by atoms with Gasteiger partial charge in [0.05, 0.1) is 12.7 Å². The third-order valence-corrected chi connectivity index (χ3v) is 7.29. The summed E-state index contributed by atoms with van der Waals surface area (Å²) in [5.74, 6) is -3.33. The van der Waals surface area contributed by atoms with Crippen LogP contribution in [0.1, 0.15) is 6.92 Å². The standard InChI is InChI=1S/C27H30O16/c1-8-17(32)20(35)22(37)26(40-8)39-7-15-18(33)21(36)23(38)27(42-15)43-25-19(34)16-13(31)5-10(28)6-14(16)41-24(25)9-2-3-11(29)12(30)4-9/h2-6,8,15,17-18,20-23,26-33,35-38H,7H2,1H3/t8?,15-,17?,18+,20?,21+,22?,23-,26?,27+/m1/s1. The van der Waals surface area contributed by atoms with Crippen molar-refractivity contribution in [1.82, 2.24) is 0 Å². The largest absolute Gasteiger partial charge is 0.508 e. The molecule has 16 heteroatoms. The van der Waals surface area contributed by atoms with Gasteiger partial charge >= 0.3 is 0 Å². The summed E-state index contributed by atoms with van der Waals surface area (Å²) in [6.07, 6.45) is -16.2. The molecule has 3 aromatic rings. The minimum absolute atomic E-state index is 0.0313. The second-order valence-corrected chi connectivity index (χ2v) is 10.3. The molecule has 2 aromatic carbocycles. The number of rotatable bonds is 6. The van der Waals surface area contributed by atoms with E-state index in [0.29, 0.717) is 0 Å². The number of aliphatic hydroxyl groups is 6. The Bertz CT molecular complexity index is 1540. The summed E-state index contributed by atoms with van der Waals surface area (Å²) in [6.45, 7) is 0.818. The smallest absolute Gasteiger partial charge is 0.239 e. The Morgan fingerprint density at radius 2 is 1.42 bits per heavy atom. The van der Waals surface area contributed by atoms with Crippen molar-refractivity contribution >= 4 is 11.0 Å². The molecule has 10 N–H and O–H groups in total. The zero-order valence-electron chi connectivity index (χ0n) is 22.3. The van der Waals surface area contributed by atoms with Gasteiger partial charge in [-0.25, -0.2) is 0 Å². The van der Waals surface area contributed by atoms with E-state index in [4.69, 9.17) is 23.4 Å². The Kier molecular flexibility index (Phi) is 8.41. The van der Waals surface area contributed by atoms with Crippen molar-refractivity contribution in [2.45, 2.75) is 68.3 Å². The molecule has 0 spiro atoms. The third-order valence-electron chi connectivity index (χ3n) is 7.29. The highest BCUT2D eigenvalue weighted by Gasteiger charge is 2.47. The van der Waals surface area contributed by atoms with E-state index in [1.165, 1.54) is 13.0 Å². The minimum Gasteiger partial charge on any atom is -0.508 e. The van der Waals surface area contributed by atoms with E-state index in [9.17, 15) is 55.9 Å². The molecule has 0 amide bonds. The lowest BCUT2D eigenvalue weighted by Crippen LogP contribution is -2.61. The summed E-state index contributed by atoms with van der Waals surface area (Å²) in [5.41, 5.74) is -1.35. The molecule has 2 fully saturated rings. The Balaban J connectivity index is 1.48. The van der Waals surface area contributed by atoms with E-state index in [-0.39, 0.29) is 11.1 Å². The molecule has 2 aliphatic rings. The van der Waals surface area contributed by atoms with Crippen LogP contribution in [0.25, 0.3) is 22.3 Å². The van der Waals surface area contributed by atoms with Gasteiger partial charge in [-0.1, -0.05) is 0 Å². The van der Waals surface area contributed by atoms with Crippen molar-refractivity contribution in [2.75, 3.05) is 6.61 Å². The van der Waals surface area contributed by atoms with E-state index in [1.54, 1.807) is 0 Å². The van der Waals surface area contributed by atoms with Gasteiger partial charge in [-0.15, -0.1) is 0 Å². The summed E-state index contributed by atoms with van der Waals surface area (Å²) < 4.78 is 27.8. The summed E-state index contributed by atoms with van der Waals surface area (Å²) in [5, 5.41) is 101. The van der Waals surface area contributed by atoms with Gasteiger partial charge in [0.2, 0.25) is 17.5 Å². The van der Waals surface area contributed by atoms with Gasteiger partial charge < -0.3 is 74.4 Å². The molecule has 2 aliphatic heterocycles. The quantitative estimate of drug-likeness (QED) is 0.140. The van der Waals surface area contributed by atoms with E-state index in [2.05, 4.69) is 0 Å². The fourth-order valence-corrected chi connectivity index (χ4v) is 4.84. The number of phenols is 4. The molecule has 0 saturated carbocycles. The number of phenolic OH excluding ortho intramolecular Hbond substituents is 4. The molecule has 0 bridgehead atoms. The predicted octanol–water partition coefficient (Wildman–Crippen LogP) is -1.69. The number of hydrogen-bond donors (Lipinski definition) is 10.